The molecule has 0 saturated carbocycles. The first kappa shape index (κ1) is 12.6. The minimum atomic E-state index is 0.356. The van der Waals surface area contributed by atoms with Crippen LogP contribution in [0.15, 0.2) is 59.7 Å². The molecule has 0 fully saturated rings. The molecule has 3 rings (SSSR count). The van der Waals surface area contributed by atoms with Crippen LogP contribution in [0.25, 0.3) is 10.8 Å². The first-order valence-corrected chi connectivity index (χ1v) is 6.46. The number of benzene rings is 2. The molecule has 0 radical (unpaired) electrons. The number of halogens is 1. The molecular weight excluding hydrogens is 272 g/mol. The quantitative estimate of drug-likeness (QED) is 0.588. The highest BCUT2D eigenvalue weighted by atomic mass is 35.5. The van der Waals surface area contributed by atoms with E-state index in [1.54, 1.807) is 18.3 Å². The molecule has 3 aromatic rings. The van der Waals surface area contributed by atoms with E-state index in [1.807, 2.05) is 18.2 Å². The van der Waals surface area contributed by atoms with E-state index in [0.29, 0.717) is 11.0 Å². The average Bonchev–Trinajstić information content (AvgIpc) is 2.49. The molecule has 1 aromatic heterocycles. The highest BCUT2D eigenvalue weighted by Crippen LogP contribution is 2.14. The van der Waals surface area contributed by atoms with Crippen LogP contribution in [0.5, 0.6) is 0 Å². The predicted octanol–water partition coefficient (Wildman–Crippen LogP) is 3.73. The number of aromatic nitrogens is 2. The van der Waals surface area contributed by atoms with Gasteiger partial charge in [0, 0.05) is 0 Å². The molecule has 0 aliphatic heterocycles. The predicted molar refractivity (Wildman–Crippen MR) is 82.2 cm³/mol. The molecule has 1 heterocycles. The van der Waals surface area contributed by atoms with Crippen molar-refractivity contribution in [3.8, 4) is 0 Å². The van der Waals surface area contributed by atoms with E-state index in [2.05, 4.69) is 45.0 Å². The summed E-state index contributed by atoms with van der Waals surface area (Å²) in [6.45, 7) is 0. The van der Waals surface area contributed by atoms with E-state index in [1.165, 1.54) is 10.8 Å². The third kappa shape index (κ3) is 2.92. The van der Waals surface area contributed by atoms with Crippen LogP contribution in [0.3, 0.4) is 0 Å². The second kappa shape index (κ2) is 5.67. The van der Waals surface area contributed by atoms with Crippen molar-refractivity contribution in [3.63, 3.8) is 0 Å². The fourth-order valence-corrected chi connectivity index (χ4v) is 1.94. The molecule has 0 atom stereocenters. The Hall–Kier alpha value is -2.46. The molecule has 0 aliphatic carbocycles. The first-order chi connectivity index (χ1) is 9.81. The van der Waals surface area contributed by atoms with E-state index < -0.39 is 0 Å². The molecule has 98 valence electrons. The van der Waals surface area contributed by atoms with Gasteiger partial charge in [-0.1, -0.05) is 48.0 Å². The van der Waals surface area contributed by atoms with Gasteiger partial charge >= 0.3 is 0 Å². The summed E-state index contributed by atoms with van der Waals surface area (Å²) in [5.74, 6) is 0.548. The monoisotopic (exact) mass is 282 g/mol. The number of hydrazone groups is 1. The molecule has 4 nitrogen and oxygen atoms in total. The molecule has 0 saturated heterocycles. The van der Waals surface area contributed by atoms with Crippen LogP contribution < -0.4 is 5.43 Å². The van der Waals surface area contributed by atoms with Gasteiger partial charge in [-0.05, 0) is 34.5 Å². The maximum atomic E-state index is 5.66. The molecule has 0 amide bonds. The first-order valence-electron chi connectivity index (χ1n) is 6.08. The van der Waals surface area contributed by atoms with Gasteiger partial charge in [-0.15, -0.1) is 10.2 Å². The Morgan fingerprint density at radius 2 is 1.80 bits per heavy atom. The minimum absolute atomic E-state index is 0.356. The van der Waals surface area contributed by atoms with Crippen LogP contribution in [0.2, 0.25) is 5.15 Å². The lowest BCUT2D eigenvalue weighted by molar-refractivity contribution is 1.02. The lowest BCUT2D eigenvalue weighted by Gasteiger charge is -2.00. The van der Waals surface area contributed by atoms with Crippen molar-refractivity contribution in [1.29, 1.82) is 0 Å². The lowest BCUT2D eigenvalue weighted by atomic mass is 10.1. The van der Waals surface area contributed by atoms with E-state index in [0.717, 1.165) is 5.56 Å². The largest absolute Gasteiger partial charge is 0.260 e. The van der Waals surface area contributed by atoms with Crippen LogP contribution in [-0.2, 0) is 0 Å². The Morgan fingerprint density at radius 3 is 2.60 bits per heavy atom. The number of nitrogens with one attached hydrogen (secondary N) is 1. The van der Waals surface area contributed by atoms with E-state index in [9.17, 15) is 0 Å². The standard InChI is InChI=1S/C15H11ClN4/c16-14-7-8-15(20-18-14)19-17-10-11-5-6-12-3-1-2-4-13(12)9-11/h1-10H,(H,19,20)/b17-10+. The second-order valence-corrected chi connectivity index (χ2v) is 4.61. The van der Waals surface area contributed by atoms with Crippen molar-refractivity contribution < 1.29 is 0 Å². The van der Waals surface area contributed by atoms with Crippen molar-refractivity contribution in [1.82, 2.24) is 10.2 Å². The van der Waals surface area contributed by atoms with Crippen molar-refractivity contribution in [2.45, 2.75) is 0 Å². The number of hydrogen-bond donors (Lipinski definition) is 1. The van der Waals surface area contributed by atoms with E-state index in [-0.39, 0.29) is 0 Å². The third-order valence-corrected chi connectivity index (χ3v) is 3.00. The Morgan fingerprint density at radius 1 is 0.950 bits per heavy atom. The van der Waals surface area contributed by atoms with Crippen LogP contribution in [-0.4, -0.2) is 16.4 Å². The molecule has 0 unspecified atom stereocenters. The normalized spacial score (nSPS) is 11.1. The molecule has 0 bridgehead atoms. The smallest absolute Gasteiger partial charge is 0.168 e. The maximum Gasteiger partial charge on any atom is 0.168 e. The van der Waals surface area contributed by atoms with Crippen molar-refractivity contribution in [2.75, 3.05) is 5.43 Å². The zero-order valence-corrected chi connectivity index (χ0v) is 11.2. The molecule has 5 heteroatoms. The van der Waals surface area contributed by atoms with Gasteiger partial charge in [-0.25, -0.2) is 0 Å². The topological polar surface area (TPSA) is 50.2 Å². The highest BCUT2D eigenvalue weighted by molar-refractivity contribution is 6.29. The summed E-state index contributed by atoms with van der Waals surface area (Å²) in [5, 5.41) is 14.5. The maximum absolute atomic E-state index is 5.66. The van der Waals surface area contributed by atoms with Gasteiger partial charge in [0.05, 0.1) is 6.21 Å². The summed E-state index contributed by atoms with van der Waals surface area (Å²) in [6, 6.07) is 17.7. The zero-order chi connectivity index (χ0) is 13.8. The summed E-state index contributed by atoms with van der Waals surface area (Å²) in [5.41, 5.74) is 3.82. The number of nitrogens with zero attached hydrogens (tertiary/aromatic N) is 3. The second-order valence-electron chi connectivity index (χ2n) is 4.22. The number of hydrogen-bond acceptors (Lipinski definition) is 4. The molecule has 0 aliphatic rings. The van der Waals surface area contributed by atoms with Gasteiger partial charge in [-0.3, -0.25) is 5.43 Å². The molecule has 20 heavy (non-hydrogen) atoms. The van der Waals surface area contributed by atoms with Crippen LogP contribution in [0.4, 0.5) is 5.82 Å². The van der Waals surface area contributed by atoms with Gasteiger partial charge in [0.2, 0.25) is 0 Å². The van der Waals surface area contributed by atoms with Gasteiger partial charge in [-0.2, -0.15) is 5.10 Å². The summed E-state index contributed by atoms with van der Waals surface area (Å²) in [6.07, 6.45) is 1.74. The Bertz CT molecular complexity index is 753. The van der Waals surface area contributed by atoms with Gasteiger partial charge in [0.1, 0.15) is 0 Å². The van der Waals surface area contributed by atoms with Crippen molar-refractivity contribution in [3.05, 3.63) is 65.3 Å². The minimum Gasteiger partial charge on any atom is -0.260 e. The average molecular weight is 283 g/mol. The van der Waals surface area contributed by atoms with Crippen molar-refractivity contribution in [2.24, 2.45) is 5.10 Å². The van der Waals surface area contributed by atoms with E-state index >= 15 is 0 Å². The molecule has 0 spiro atoms. The van der Waals surface area contributed by atoms with Crippen molar-refractivity contribution >= 4 is 34.4 Å². The summed E-state index contributed by atoms with van der Waals surface area (Å²) >= 11 is 5.66. The zero-order valence-electron chi connectivity index (χ0n) is 10.5. The Kier molecular flexibility index (Phi) is 3.56. The van der Waals surface area contributed by atoms with Crippen LogP contribution in [0, 0.1) is 0 Å². The lowest BCUT2D eigenvalue weighted by Crippen LogP contribution is -1.94. The van der Waals surface area contributed by atoms with Gasteiger partial charge in [0.25, 0.3) is 0 Å². The molecule has 2 aromatic carbocycles. The van der Waals surface area contributed by atoms with E-state index in [4.69, 9.17) is 11.6 Å². The fraction of sp³-hybridized carbons (Fsp3) is 0. The third-order valence-electron chi connectivity index (χ3n) is 2.80. The summed E-state index contributed by atoms with van der Waals surface area (Å²) in [4.78, 5) is 0. The Labute approximate surface area is 121 Å². The van der Waals surface area contributed by atoms with Gasteiger partial charge < -0.3 is 0 Å². The summed E-state index contributed by atoms with van der Waals surface area (Å²) in [7, 11) is 0. The summed E-state index contributed by atoms with van der Waals surface area (Å²) < 4.78 is 0. The van der Waals surface area contributed by atoms with Crippen LogP contribution >= 0.6 is 11.6 Å². The molecular formula is C15H11ClN4. The van der Waals surface area contributed by atoms with Crippen LogP contribution in [0.1, 0.15) is 5.56 Å². The Balaban J connectivity index is 1.75. The van der Waals surface area contributed by atoms with Gasteiger partial charge in [0.15, 0.2) is 11.0 Å². The highest BCUT2D eigenvalue weighted by Gasteiger charge is 1.95. The number of anilines is 1. The molecule has 1 N–H and O–H groups in total. The SMILES string of the molecule is Clc1ccc(N/N=C/c2ccc3ccccc3c2)nn1. The number of fused-ring (bicyclic) bond motifs is 1. The fourth-order valence-electron chi connectivity index (χ4n) is 1.84. The number of rotatable bonds is 3.